The second-order valence-corrected chi connectivity index (χ2v) is 7.48. The van der Waals surface area contributed by atoms with E-state index >= 15 is 0 Å². The van der Waals surface area contributed by atoms with E-state index in [2.05, 4.69) is 11.9 Å². The zero-order valence-electron chi connectivity index (χ0n) is 16.1. The predicted molar refractivity (Wildman–Crippen MR) is 99.8 cm³/mol. The van der Waals surface area contributed by atoms with Crippen molar-refractivity contribution in [3.63, 3.8) is 0 Å². The Hall–Kier alpha value is -2.47. The van der Waals surface area contributed by atoms with E-state index in [1.807, 2.05) is 24.3 Å². The van der Waals surface area contributed by atoms with Crippen LogP contribution in [0.5, 0.6) is 11.5 Å². The molecule has 4 rings (SSSR count). The highest BCUT2D eigenvalue weighted by atomic mass is 16.6. The summed E-state index contributed by atoms with van der Waals surface area (Å²) in [6, 6.07) is 4.05. The van der Waals surface area contributed by atoms with E-state index in [0.29, 0.717) is 11.5 Å². The van der Waals surface area contributed by atoms with Gasteiger partial charge >= 0.3 is 5.97 Å². The third-order valence-electron chi connectivity index (χ3n) is 6.10. The molecule has 1 N–H and O–H groups in total. The average Bonchev–Trinajstić information content (AvgIpc) is 2.64. The molecule has 0 aromatic heterocycles. The number of aromatic hydroxyl groups is 1. The number of likely N-dealkylation sites (tertiary alicyclic amines) is 1. The summed E-state index contributed by atoms with van der Waals surface area (Å²) in [7, 11) is 5.25. The monoisotopic (exact) mass is 371 g/mol. The first-order valence-electron chi connectivity index (χ1n) is 9.17. The van der Waals surface area contributed by atoms with E-state index in [1.54, 1.807) is 14.2 Å². The number of benzene rings is 1. The number of ether oxygens (including phenoxy) is 3. The summed E-state index contributed by atoms with van der Waals surface area (Å²) in [5.41, 5.74) is 2.66. The van der Waals surface area contributed by atoms with Crippen LogP contribution < -0.4 is 4.74 Å². The molecule has 0 saturated carbocycles. The Balaban J connectivity index is 1.96. The minimum absolute atomic E-state index is 0.182. The number of esters is 1. The normalized spacial score (nSPS) is 29.0. The van der Waals surface area contributed by atoms with Crippen LogP contribution in [-0.2, 0) is 26.1 Å². The lowest BCUT2D eigenvalue weighted by Gasteiger charge is -2.53. The number of hydrogen-bond donors (Lipinski definition) is 1. The van der Waals surface area contributed by atoms with Crippen LogP contribution in [0.4, 0.5) is 0 Å². The Morgan fingerprint density at radius 1 is 1.30 bits per heavy atom. The second kappa shape index (κ2) is 6.30. The number of phenols is 1. The molecule has 144 valence electrons. The maximum absolute atomic E-state index is 11.6. The summed E-state index contributed by atoms with van der Waals surface area (Å²) in [5, 5.41) is 11.0. The van der Waals surface area contributed by atoms with Crippen LogP contribution in [0.1, 0.15) is 24.5 Å². The summed E-state index contributed by atoms with van der Waals surface area (Å²) in [5.74, 6) is 0.887. The van der Waals surface area contributed by atoms with Crippen molar-refractivity contribution < 1.29 is 24.1 Å². The van der Waals surface area contributed by atoms with Gasteiger partial charge in [-0.1, -0.05) is 6.07 Å². The molecule has 1 aromatic rings. The molecule has 1 unspecified atom stereocenters. The highest BCUT2D eigenvalue weighted by molar-refractivity contribution is 5.68. The minimum Gasteiger partial charge on any atom is -0.504 e. The number of allylic oxidation sites excluding steroid dienone is 1. The van der Waals surface area contributed by atoms with Crippen LogP contribution in [0.3, 0.4) is 0 Å². The van der Waals surface area contributed by atoms with Crippen molar-refractivity contribution in [2.75, 3.05) is 27.8 Å². The minimum atomic E-state index is -0.543. The molecular formula is C21H25NO5. The zero-order chi connectivity index (χ0) is 19.3. The van der Waals surface area contributed by atoms with Gasteiger partial charge in [0.1, 0.15) is 5.76 Å². The fourth-order valence-electron chi connectivity index (χ4n) is 4.88. The quantitative estimate of drug-likeness (QED) is 0.650. The van der Waals surface area contributed by atoms with E-state index in [1.165, 1.54) is 6.92 Å². The van der Waals surface area contributed by atoms with Crippen molar-refractivity contribution in [3.8, 4) is 11.5 Å². The van der Waals surface area contributed by atoms with Crippen LogP contribution in [0.2, 0.25) is 0 Å². The number of phenolic OH excluding ortho intramolecular Hbond substituents is 1. The summed E-state index contributed by atoms with van der Waals surface area (Å²) < 4.78 is 16.5. The van der Waals surface area contributed by atoms with Crippen molar-refractivity contribution in [2.24, 2.45) is 0 Å². The van der Waals surface area contributed by atoms with Crippen LogP contribution in [0.25, 0.3) is 0 Å². The lowest BCUT2D eigenvalue weighted by molar-refractivity contribution is -0.144. The molecule has 1 heterocycles. The number of nitrogens with zero attached hydrogens (tertiary/aromatic N) is 1. The Labute approximate surface area is 159 Å². The molecule has 0 spiro atoms. The molecule has 2 bridgehead atoms. The number of hydrogen-bond acceptors (Lipinski definition) is 6. The summed E-state index contributed by atoms with van der Waals surface area (Å²) >= 11 is 0. The van der Waals surface area contributed by atoms with Gasteiger partial charge < -0.3 is 19.3 Å². The maximum Gasteiger partial charge on any atom is 0.303 e. The molecule has 1 aromatic carbocycles. The van der Waals surface area contributed by atoms with Crippen molar-refractivity contribution in [2.45, 2.75) is 37.3 Å². The highest BCUT2D eigenvalue weighted by Crippen LogP contribution is 2.56. The largest absolute Gasteiger partial charge is 0.504 e. The Morgan fingerprint density at radius 2 is 2.07 bits per heavy atom. The van der Waals surface area contributed by atoms with Crippen molar-refractivity contribution >= 4 is 5.97 Å². The van der Waals surface area contributed by atoms with Crippen LogP contribution in [-0.4, -0.2) is 55.9 Å². The SMILES string of the molecule is COC1=C[C@@]23CCN(C)[C@H](Cc4ccc(OC)c(O)c42)C3=CC1OC(C)=O. The summed E-state index contributed by atoms with van der Waals surface area (Å²) in [6.45, 7) is 2.29. The number of rotatable bonds is 3. The van der Waals surface area contributed by atoms with Gasteiger partial charge in [-0.15, -0.1) is 0 Å². The number of carbonyl (C=O) groups is 1. The van der Waals surface area contributed by atoms with Gasteiger partial charge in [0.25, 0.3) is 0 Å². The van der Waals surface area contributed by atoms with Gasteiger partial charge in [0, 0.05) is 23.9 Å². The number of piperidine rings is 1. The lowest BCUT2D eigenvalue weighted by Crippen LogP contribution is -2.54. The molecule has 3 atom stereocenters. The molecule has 6 nitrogen and oxygen atoms in total. The lowest BCUT2D eigenvalue weighted by atomic mass is 9.58. The second-order valence-electron chi connectivity index (χ2n) is 7.48. The van der Waals surface area contributed by atoms with Crippen LogP contribution >= 0.6 is 0 Å². The third-order valence-corrected chi connectivity index (χ3v) is 6.10. The summed E-state index contributed by atoms with van der Waals surface area (Å²) in [4.78, 5) is 13.9. The van der Waals surface area contributed by atoms with E-state index in [0.717, 1.165) is 36.1 Å². The smallest absolute Gasteiger partial charge is 0.303 e. The van der Waals surface area contributed by atoms with E-state index in [9.17, 15) is 9.90 Å². The van der Waals surface area contributed by atoms with Gasteiger partial charge in [-0.25, -0.2) is 0 Å². The number of fused-ring (bicyclic) bond motifs is 1. The van der Waals surface area contributed by atoms with Gasteiger partial charge in [0.05, 0.1) is 14.2 Å². The first-order valence-corrected chi connectivity index (χ1v) is 9.17. The molecule has 0 radical (unpaired) electrons. The molecular weight excluding hydrogens is 346 g/mol. The van der Waals surface area contributed by atoms with Crippen LogP contribution in [0, 0.1) is 0 Å². The first kappa shape index (κ1) is 17.9. The van der Waals surface area contributed by atoms with Crippen molar-refractivity contribution in [1.82, 2.24) is 4.90 Å². The molecule has 1 aliphatic heterocycles. The van der Waals surface area contributed by atoms with Gasteiger partial charge in [0.15, 0.2) is 17.6 Å². The molecule has 2 aliphatic carbocycles. The Morgan fingerprint density at radius 3 is 2.74 bits per heavy atom. The predicted octanol–water partition coefficient (Wildman–Crippen LogP) is 2.30. The fraction of sp³-hybridized carbons (Fsp3) is 0.476. The molecule has 3 aliphatic rings. The topological polar surface area (TPSA) is 68.2 Å². The van der Waals surface area contributed by atoms with E-state index in [4.69, 9.17) is 14.2 Å². The molecule has 6 heteroatoms. The van der Waals surface area contributed by atoms with Gasteiger partial charge in [-0.05, 0) is 55.8 Å². The highest BCUT2D eigenvalue weighted by Gasteiger charge is 2.52. The zero-order valence-corrected chi connectivity index (χ0v) is 16.1. The molecule has 1 fully saturated rings. The van der Waals surface area contributed by atoms with Crippen molar-refractivity contribution in [1.29, 1.82) is 0 Å². The van der Waals surface area contributed by atoms with E-state index < -0.39 is 11.5 Å². The number of methoxy groups -OCH3 is 2. The van der Waals surface area contributed by atoms with Crippen molar-refractivity contribution in [3.05, 3.63) is 46.7 Å². The molecule has 1 saturated heterocycles. The fourth-order valence-corrected chi connectivity index (χ4v) is 4.88. The van der Waals surface area contributed by atoms with Gasteiger partial charge in [-0.2, -0.15) is 0 Å². The molecule has 27 heavy (non-hydrogen) atoms. The molecule has 0 amide bonds. The number of carbonyl (C=O) groups excluding carboxylic acids is 1. The third kappa shape index (κ3) is 2.54. The Kier molecular flexibility index (Phi) is 4.18. The average molecular weight is 371 g/mol. The van der Waals surface area contributed by atoms with Crippen LogP contribution in [0.15, 0.2) is 35.6 Å². The maximum atomic E-state index is 11.6. The Bertz CT molecular complexity index is 858. The number of likely N-dealkylation sites (N-methyl/N-ethyl adjacent to an activating group) is 1. The standard InChI is InChI=1S/C21H25NO5/c1-12(23)27-17-10-14-15-9-13-5-6-16(25-3)20(24)19(13)21(14,7-8-22(15)2)11-18(17)26-4/h5-6,10-11,15,17,24H,7-9H2,1-4H3/t15-,17?,21-/m1/s1. The van der Waals surface area contributed by atoms with E-state index in [-0.39, 0.29) is 17.8 Å². The summed E-state index contributed by atoms with van der Waals surface area (Å²) in [6.07, 6.45) is 5.09. The van der Waals surface area contributed by atoms with Gasteiger partial charge in [0.2, 0.25) is 0 Å². The first-order chi connectivity index (χ1) is 12.9. The van der Waals surface area contributed by atoms with Gasteiger partial charge in [-0.3, -0.25) is 9.69 Å².